The number of nitrogens with two attached hydrogens (primary N) is 1. The third-order valence-corrected chi connectivity index (χ3v) is 4.32. The van der Waals surface area contributed by atoms with Gasteiger partial charge in [0.15, 0.2) is 0 Å². The molecule has 3 heteroatoms. The smallest absolute Gasteiger partial charge is 0.126 e. The van der Waals surface area contributed by atoms with Crippen LogP contribution in [0, 0.1) is 11.7 Å². The largest absolute Gasteiger partial charge is 0.330 e. The summed E-state index contributed by atoms with van der Waals surface area (Å²) < 4.78 is 13.6. The van der Waals surface area contributed by atoms with Crippen LogP contribution in [0.5, 0.6) is 0 Å². The Hall–Kier alpha value is -0.930. The minimum atomic E-state index is -0.0765. The molecular formula is C16H25FN2. The van der Waals surface area contributed by atoms with Gasteiger partial charge in [-0.2, -0.15) is 0 Å². The molecule has 0 spiro atoms. The molecule has 1 unspecified atom stereocenters. The lowest BCUT2D eigenvalue weighted by Gasteiger charge is -2.36. The fourth-order valence-electron chi connectivity index (χ4n) is 3.03. The van der Waals surface area contributed by atoms with Crippen LogP contribution in [0.1, 0.15) is 31.7 Å². The maximum Gasteiger partial charge on any atom is 0.126 e. The maximum absolute atomic E-state index is 13.6. The van der Waals surface area contributed by atoms with E-state index >= 15 is 0 Å². The lowest BCUT2D eigenvalue weighted by molar-refractivity contribution is 0.137. The highest BCUT2D eigenvalue weighted by Gasteiger charge is 2.22. The standard InChI is InChI=1S/C16H25FN2/c1-13(12-15-4-2-3-5-16(15)17)19-10-7-14(6-9-18)8-11-19/h2-5,13-14H,6-12,18H2,1H3. The molecule has 0 radical (unpaired) electrons. The van der Waals surface area contributed by atoms with Crippen LogP contribution in [0.15, 0.2) is 24.3 Å². The number of piperidine rings is 1. The molecular weight excluding hydrogens is 239 g/mol. The molecule has 19 heavy (non-hydrogen) atoms. The molecule has 1 saturated heterocycles. The van der Waals surface area contributed by atoms with Gasteiger partial charge in [-0.15, -0.1) is 0 Å². The monoisotopic (exact) mass is 264 g/mol. The van der Waals surface area contributed by atoms with Crippen LogP contribution in [-0.4, -0.2) is 30.6 Å². The van der Waals surface area contributed by atoms with E-state index in [-0.39, 0.29) is 5.82 Å². The second-order valence-corrected chi connectivity index (χ2v) is 5.70. The van der Waals surface area contributed by atoms with Gasteiger partial charge < -0.3 is 10.6 Å². The van der Waals surface area contributed by atoms with Crippen molar-refractivity contribution in [3.05, 3.63) is 35.6 Å². The molecule has 1 aliphatic rings. The molecule has 1 fully saturated rings. The number of nitrogens with zero attached hydrogens (tertiary/aromatic N) is 1. The Morgan fingerprint density at radius 1 is 1.32 bits per heavy atom. The number of benzene rings is 1. The molecule has 0 bridgehead atoms. The third-order valence-electron chi connectivity index (χ3n) is 4.32. The van der Waals surface area contributed by atoms with Crippen molar-refractivity contribution in [3.8, 4) is 0 Å². The van der Waals surface area contributed by atoms with Crippen molar-refractivity contribution in [3.63, 3.8) is 0 Å². The van der Waals surface area contributed by atoms with Crippen LogP contribution in [0.4, 0.5) is 4.39 Å². The normalized spacial score (nSPS) is 19.5. The first-order valence-electron chi connectivity index (χ1n) is 7.38. The van der Waals surface area contributed by atoms with Crippen LogP contribution in [0.25, 0.3) is 0 Å². The number of hydrogen-bond donors (Lipinski definition) is 1. The van der Waals surface area contributed by atoms with Gasteiger partial charge in [0.25, 0.3) is 0 Å². The zero-order valence-electron chi connectivity index (χ0n) is 11.8. The summed E-state index contributed by atoms with van der Waals surface area (Å²) in [5.74, 6) is 0.717. The van der Waals surface area contributed by atoms with E-state index in [1.54, 1.807) is 12.1 Å². The van der Waals surface area contributed by atoms with Gasteiger partial charge in [0.2, 0.25) is 0 Å². The van der Waals surface area contributed by atoms with E-state index in [0.717, 1.165) is 44.0 Å². The summed E-state index contributed by atoms with van der Waals surface area (Å²) in [5, 5.41) is 0. The van der Waals surface area contributed by atoms with Gasteiger partial charge in [0.05, 0.1) is 0 Å². The van der Waals surface area contributed by atoms with Crippen LogP contribution >= 0.6 is 0 Å². The summed E-state index contributed by atoms with van der Waals surface area (Å²) in [4.78, 5) is 2.49. The fourth-order valence-corrected chi connectivity index (χ4v) is 3.03. The van der Waals surface area contributed by atoms with Gasteiger partial charge in [0.1, 0.15) is 5.82 Å². The van der Waals surface area contributed by atoms with E-state index in [1.807, 2.05) is 12.1 Å². The lowest BCUT2D eigenvalue weighted by Crippen LogP contribution is -2.41. The predicted molar refractivity (Wildman–Crippen MR) is 77.5 cm³/mol. The minimum Gasteiger partial charge on any atom is -0.330 e. The minimum absolute atomic E-state index is 0.0765. The summed E-state index contributed by atoms with van der Waals surface area (Å²) in [5.41, 5.74) is 6.45. The van der Waals surface area contributed by atoms with Crippen LogP contribution in [0.2, 0.25) is 0 Å². The molecule has 1 atom stereocenters. The Bertz CT molecular complexity index is 386. The summed E-state index contributed by atoms with van der Waals surface area (Å²) in [6.45, 7) is 5.26. The first kappa shape index (κ1) is 14.5. The van der Waals surface area contributed by atoms with Gasteiger partial charge in [0, 0.05) is 6.04 Å². The highest BCUT2D eigenvalue weighted by atomic mass is 19.1. The molecule has 1 aromatic rings. The Balaban J connectivity index is 1.85. The highest BCUT2D eigenvalue weighted by molar-refractivity contribution is 5.18. The summed E-state index contributed by atoms with van der Waals surface area (Å²) >= 11 is 0. The highest BCUT2D eigenvalue weighted by Crippen LogP contribution is 2.22. The third kappa shape index (κ3) is 4.02. The van der Waals surface area contributed by atoms with Crippen LogP contribution in [0.3, 0.4) is 0 Å². The van der Waals surface area contributed by atoms with Gasteiger partial charge in [-0.1, -0.05) is 18.2 Å². The molecule has 1 heterocycles. The van der Waals surface area contributed by atoms with E-state index < -0.39 is 0 Å². The van der Waals surface area contributed by atoms with Crippen molar-refractivity contribution < 1.29 is 4.39 Å². The topological polar surface area (TPSA) is 29.3 Å². The van der Waals surface area contributed by atoms with E-state index in [4.69, 9.17) is 5.73 Å². The Kier molecular flexibility index (Phi) is 5.34. The number of hydrogen-bond acceptors (Lipinski definition) is 2. The van der Waals surface area contributed by atoms with Gasteiger partial charge >= 0.3 is 0 Å². The number of rotatable bonds is 5. The zero-order chi connectivity index (χ0) is 13.7. The van der Waals surface area contributed by atoms with Crippen molar-refractivity contribution in [1.29, 1.82) is 0 Å². The lowest BCUT2D eigenvalue weighted by atomic mass is 9.92. The number of halogens is 1. The van der Waals surface area contributed by atoms with Gasteiger partial charge in [-0.3, -0.25) is 0 Å². The molecule has 2 nitrogen and oxygen atoms in total. The molecule has 2 rings (SSSR count). The SMILES string of the molecule is CC(Cc1ccccc1F)N1CCC(CCN)CC1. The molecule has 0 saturated carbocycles. The molecule has 0 aromatic heterocycles. The second kappa shape index (κ2) is 7.01. The summed E-state index contributed by atoms with van der Waals surface area (Å²) in [7, 11) is 0. The molecule has 1 aromatic carbocycles. The quantitative estimate of drug-likeness (QED) is 0.886. The van der Waals surface area contributed by atoms with E-state index in [1.165, 1.54) is 12.8 Å². The zero-order valence-corrected chi connectivity index (χ0v) is 11.8. The average Bonchev–Trinajstić information content (AvgIpc) is 2.42. The van der Waals surface area contributed by atoms with Gasteiger partial charge in [-0.05, 0) is 69.8 Å². The first-order chi connectivity index (χ1) is 9.20. The van der Waals surface area contributed by atoms with Crippen LogP contribution < -0.4 is 5.73 Å². The van der Waals surface area contributed by atoms with E-state index in [9.17, 15) is 4.39 Å². The second-order valence-electron chi connectivity index (χ2n) is 5.70. The van der Waals surface area contributed by atoms with Gasteiger partial charge in [-0.25, -0.2) is 4.39 Å². The first-order valence-corrected chi connectivity index (χ1v) is 7.38. The predicted octanol–water partition coefficient (Wildman–Crippen LogP) is 2.82. The summed E-state index contributed by atoms with van der Waals surface area (Å²) in [6.07, 6.45) is 4.42. The molecule has 0 amide bonds. The van der Waals surface area contributed by atoms with Crippen LogP contribution in [-0.2, 0) is 6.42 Å². The van der Waals surface area contributed by atoms with Crippen molar-refractivity contribution >= 4 is 0 Å². The average molecular weight is 264 g/mol. The van der Waals surface area contributed by atoms with Crippen molar-refractivity contribution in [2.45, 2.75) is 38.6 Å². The molecule has 106 valence electrons. The van der Waals surface area contributed by atoms with Crippen molar-refractivity contribution in [1.82, 2.24) is 4.90 Å². The molecule has 0 aliphatic carbocycles. The number of likely N-dealkylation sites (tertiary alicyclic amines) is 1. The molecule has 1 aliphatic heterocycles. The van der Waals surface area contributed by atoms with E-state index in [2.05, 4.69) is 11.8 Å². The Morgan fingerprint density at radius 2 is 2.00 bits per heavy atom. The fraction of sp³-hybridized carbons (Fsp3) is 0.625. The van der Waals surface area contributed by atoms with E-state index in [0.29, 0.717) is 6.04 Å². The Morgan fingerprint density at radius 3 is 2.63 bits per heavy atom. The Labute approximate surface area is 115 Å². The maximum atomic E-state index is 13.6. The molecule has 2 N–H and O–H groups in total. The van der Waals surface area contributed by atoms with Crippen molar-refractivity contribution in [2.75, 3.05) is 19.6 Å². The summed E-state index contributed by atoms with van der Waals surface area (Å²) in [6, 6.07) is 7.53. The van der Waals surface area contributed by atoms with Crippen molar-refractivity contribution in [2.24, 2.45) is 11.7 Å².